The van der Waals surface area contributed by atoms with Crippen LogP contribution in [0.4, 0.5) is 5.82 Å². The summed E-state index contributed by atoms with van der Waals surface area (Å²) in [4.78, 5) is 7.30. The minimum Gasteiger partial charge on any atom is -0.357 e. The zero-order chi connectivity index (χ0) is 14.6. The third kappa shape index (κ3) is 4.12. The molecule has 0 aromatic carbocycles. The molecule has 0 spiro atoms. The third-order valence-electron chi connectivity index (χ3n) is 4.25. The van der Waals surface area contributed by atoms with E-state index < -0.39 is 0 Å². The van der Waals surface area contributed by atoms with Crippen LogP contribution in [0.25, 0.3) is 0 Å². The lowest BCUT2D eigenvalue weighted by atomic mass is 9.85. The van der Waals surface area contributed by atoms with Crippen molar-refractivity contribution in [2.24, 2.45) is 5.41 Å². The summed E-state index contributed by atoms with van der Waals surface area (Å²) in [6.45, 7) is 9.18. The van der Waals surface area contributed by atoms with E-state index in [1.165, 1.54) is 30.5 Å². The molecule has 0 N–H and O–H groups in total. The van der Waals surface area contributed by atoms with Gasteiger partial charge >= 0.3 is 0 Å². The maximum atomic E-state index is 6.04. The number of rotatable bonds is 4. The van der Waals surface area contributed by atoms with Gasteiger partial charge in [0.15, 0.2) is 0 Å². The zero-order valence-electron chi connectivity index (χ0n) is 13.1. The van der Waals surface area contributed by atoms with Crippen molar-refractivity contribution in [1.29, 1.82) is 0 Å². The maximum Gasteiger partial charge on any atom is 0.129 e. The van der Waals surface area contributed by atoms with Crippen molar-refractivity contribution in [2.45, 2.75) is 58.8 Å². The quantitative estimate of drug-likeness (QED) is 0.742. The highest BCUT2D eigenvalue weighted by Gasteiger charge is 2.23. The van der Waals surface area contributed by atoms with Gasteiger partial charge in [0.05, 0.1) is 0 Å². The van der Waals surface area contributed by atoms with Crippen molar-refractivity contribution in [3.63, 3.8) is 0 Å². The number of aromatic nitrogens is 1. The number of halogens is 1. The molecular weight excluding hydrogens is 268 g/mol. The average Bonchev–Trinajstić information content (AvgIpc) is 2.59. The molecule has 1 aromatic heterocycles. The van der Waals surface area contributed by atoms with Crippen molar-refractivity contribution in [2.75, 3.05) is 18.0 Å². The molecule has 0 saturated carbocycles. The number of pyridine rings is 1. The molecule has 1 aliphatic heterocycles. The summed E-state index contributed by atoms with van der Waals surface area (Å²) in [5.41, 5.74) is 2.85. The molecule has 2 nitrogen and oxygen atoms in total. The summed E-state index contributed by atoms with van der Waals surface area (Å²) in [6.07, 6.45) is 5.97. The molecule has 0 radical (unpaired) electrons. The van der Waals surface area contributed by atoms with Gasteiger partial charge in [-0.1, -0.05) is 27.2 Å². The Hall–Kier alpha value is -0.760. The van der Waals surface area contributed by atoms with Crippen LogP contribution in [0.15, 0.2) is 12.1 Å². The highest BCUT2D eigenvalue weighted by molar-refractivity contribution is 6.17. The number of anilines is 1. The lowest BCUT2D eigenvalue weighted by Crippen LogP contribution is -2.26. The van der Waals surface area contributed by atoms with Crippen LogP contribution in [0.1, 0.15) is 57.7 Å². The summed E-state index contributed by atoms with van der Waals surface area (Å²) in [5.74, 6) is 1.70. The highest BCUT2D eigenvalue weighted by Crippen LogP contribution is 2.31. The van der Waals surface area contributed by atoms with Gasteiger partial charge in [-0.3, -0.25) is 0 Å². The molecule has 2 rings (SSSR count). The van der Waals surface area contributed by atoms with Crippen LogP contribution in [-0.2, 0) is 12.3 Å². The number of hydrogen-bond acceptors (Lipinski definition) is 2. The largest absolute Gasteiger partial charge is 0.357 e. The normalized spacial score (nSPS) is 18.9. The predicted octanol–water partition coefficient (Wildman–Crippen LogP) is 4.79. The Morgan fingerprint density at radius 2 is 2.05 bits per heavy atom. The van der Waals surface area contributed by atoms with Crippen molar-refractivity contribution >= 4 is 17.4 Å². The Morgan fingerprint density at radius 1 is 1.25 bits per heavy atom. The molecule has 0 amide bonds. The van der Waals surface area contributed by atoms with Crippen LogP contribution in [0.3, 0.4) is 0 Å². The summed E-state index contributed by atoms with van der Waals surface area (Å²) >= 11 is 6.04. The number of alkyl halides is 1. The van der Waals surface area contributed by atoms with E-state index in [1.807, 2.05) is 0 Å². The van der Waals surface area contributed by atoms with Gasteiger partial charge in [0.2, 0.25) is 0 Å². The van der Waals surface area contributed by atoms with E-state index in [4.69, 9.17) is 16.6 Å². The number of aryl methyl sites for hydroxylation is 1. The van der Waals surface area contributed by atoms with E-state index in [0.29, 0.717) is 11.3 Å². The smallest absolute Gasteiger partial charge is 0.129 e. The fourth-order valence-corrected chi connectivity index (χ4v) is 3.06. The first-order valence-electron chi connectivity index (χ1n) is 7.85. The van der Waals surface area contributed by atoms with Gasteiger partial charge < -0.3 is 4.90 Å². The van der Waals surface area contributed by atoms with Crippen LogP contribution in [0, 0.1) is 5.41 Å². The van der Waals surface area contributed by atoms with Gasteiger partial charge in [0, 0.05) is 24.7 Å². The highest BCUT2D eigenvalue weighted by atomic mass is 35.5. The predicted molar refractivity (Wildman–Crippen MR) is 87.6 cm³/mol. The molecule has 1 saturated heterocycles. The van der Waals surface area contributed by atoms with Crippen LogP contribution >= 0.6 is 11.6 Å². The van der Waals surface area contributed by atoms with E-state index in [-0.39, 0.29) is 0 Å². The van der Waals surface area contributed by atoms with Gasteiger partial charge in [-0.25, -0.2) is 4.98 Å². The summed E-state index contributed by atoms with van der Waals surface area (Å²) in [6, 6.07) is 4.33. The lowest BCUT2D eigenvalue weighted by molar-refractivity contribution is 0.325. The van der Waals surface area contributed by atoms with E-state index >= 15 is 0 Å². The molecule has 1 fully saturated rings. The van der Waals surface area contributed by atoms with Crippen LogP contribution in [0.5, 0.6) is 0 Å². The van der Waals surface area contributed by atoms with E-state index in [0.717, 1.165) is 31.7 Å². The Morgan fingerprint density at radius 3 is 2.75 bits per heavy atom. The Balaban J connectivity index is 2.20. The van der Waals surface area contributed by atoms with Gasteiger partial charge in [0.1, 0.15) is 5.82 Å². The Bertz CT molecular complexity index is 443. The van der Waals surface area contributed by atoms with Crippen molar-refractivity contribution in [3.05, 3.63) is 23.4 Å². The Labute approximate surface area is 128 Å². The maximum absolute atomic E-state index is 6.04. The van der Waals surface area contributed by atoms with Gasteiger partial charge in [-0.05, 0) is 48.8 Å². The topological polar surface area (TPSA) is 16.1 Å². The molecule has 0 atom stereocenters. The SMILES string of the molecule is CCCc1cc(CCl)cc(N2CCCC(C)(C)CC2)n1. The second-order valence-corrected chi connectivity index (χ2v) is 6.98. The molecule has 0 bridgehead atoms. The first-order valence-corrected chi connectivity index (χ1v) is 8.38. The van der Waals surface area contributed by atoms with E-state index in [9.17, 15) is 0 Å². The fourth-order valence-electron chi connectivity index (χ4n) is 2.91. The molecule has 3 heteroatoms. The van der Waals surface area contributed by atoms with Crippen LogP contribution < -0.4 is 4.90 Å². The first-order chi connectivity index (χ1) is 9.54. The minimum atomic E-state index is 0.463. The zero-order valence-corrected chi connectivity index (χ0v) is 13.8. The van der Waals surface area contributed by atoms with Gasteiger partial charge in [-0.2, -0.15) is 0 Å². The molecule has 1 aromatic rings. The average molecular weight is 295 g/mol. The second-order valence-electron chi connectivity index (χ2n) is 6.71. The molecule has 112 valence electrons. The summed E-state index contributed by atoms with van der Waals surface area (Å²) in [7, 11) is 0. The summed E-state index contributed by atoms with van der Waals surface area (Å²) in [5, 5.41) is 0. The van der Waals surface area contributed by atoms with Crippen LogP contribution in [-0.4, -0.2) is 18.1 Å². The van der Waals surface area contributed by atoms with Gasteiger partial charge in [-0.15, -0.1) is 11.6 Å². The Kier molecular flexibility index (Phi) is 5.31. The molecular formula is C17H27ClN2. The third-order valence-corrected chi connectivity index (χ3v) is 4.56. The van der Waals surface area contributed by atoms with E-state index in [1.54, 1.807) is 0 Å². The molecule has 0 unspecified atom stereocenters. The van der Waals surface area contributed by atoms with E-state index in [2.05, 4.69) is 37.8 Å². The molecule has 20 heavy (non-hydrogen) atoms. The minimum absolute atomic E-state index is 0.463. The van der Waals surface area contributed by atoms with Crippen molar-refractivity contribution in [3.8, 4) is 0 Å². The van der Waals surface area contributed by atoms with Crippen molar-refractivity contribution < 1.29 is 0 Å². The summed E-state index contributed by atoms with van der Waals surface area (Å²) < 4.78 is 0. The lowest BCUT2D eigenvalue weighted by Gasteiger charge is -2.25. The molecule has 1 aliphatic rings. The van der Waals surface area contributed by atoms with Gasteiger partial charge in [0.25, 0.3) is 0 Å². The van der Waals surface area contributed by atoms with Crippen LogP contribution in [0.2, 0.25) is 0 Å². The molecule has 0 aliphatic carbocycles. The van der Waals surface area contributed by atoms with Crippen molar-refractivity contribution in [1.82, 2.24) is 4.98 Å². The second kappa shape index (κ2) is 6.80. The molecule has 2 heterocycles. The fraction of sp³-hybridized carbons (Fsp3) is 0.706. The number of hydrogen-bond donors (Lipinski definition) is 0. The number of nitrogens with zero attached hydrogens (tertiary/aromatic N) is 2. The monoisotopic (exact) mass is 294 g/mol. The standard InChI is InChI=1S/C17H27ClN2/c1-4-6-15-11-14(13-18)12-16(19-15)20-9-5-7-17(2,3)8-10-20/h11-12H,4-10,13H2,1-3H3. The first kappa shape index (κ1) is 15.6.